The quantitative estimate of drug-likeness (QED) is 0.0797. The molecule has 0 fully saturated rings. The lowest BCUT2D eigenvalue weighted by Crippen LogP contribution is -2.25. The number of ether oxygens (including phenoxy) is 3. The molecule has 0 amide bonds. The highest BCUT2D eigenvalue weighted by atomic mass is 31.2. The highest BCUT2D eigenvalue weighted by Crippen LogP contribution is 2.52. The molecule has 4 aromatic rings. The van der Waals surface area contributed by atoms with Crippen LogP contribution in [0.1, 0.15) is 23.1 Å². The van der Waals surface area contributed by atoms with Crippen molar-refractivity contribution < 1.29 is 47.2 Å². The van der Waals surface area contributed by atoms with Crippen molar-refractivity contribution in [1.29, 1.82) is 0 Å². The summed E-state index contributed by atoms with van der Waals surface area (Å²) in [6.07, 6.45) is 3.74. The van der Waals surface area contributed by atoms with Crippen LogP contribution in [0.15, 0.2) is 54.7 Å². The molecule has 0 atom stereocenters. The van der Waals surface area contributed by atoms with Crippen LogP contribution in [0.4, 0.5) is 14.6 Å². The molecule has 0 radical (unpaired) electrons. The average Bonchev–Trinajstić information content (AvgIpc) is 2.96. The van der Waals surface area contributed by atoms with Crippen LogP contribution in [0.25, 0.3) is 21.8 Å². The third-order valence-corrected chi connectivity index (χ3v) is 7.59. The number of nitrogens with zero attached hydrogens (tertiary/aromatic N) is 2. The van der Waals surface area contributed by atoms with Gasteiger partial charge in [-0.15, -0.1) is 0 Å². The van der Waals surface area contributed by atoms with Crippen molar-refractivity contribution in [3.8, 4) is 5.75 Å². The van der Waals surface area contributed by atoms with E-state index in [0.29, 0.717) is 29.0 Å². The van der Waals surface area contributed by atoms with Crippen LogP contribution in [0.3, 0.4) is 0 Å². The maximum atomic E-state index is 13.1. The third-order valence-electron chi connectivity index (χ3n) is 6.60. The van der Waals surface area contributed by atoms with E-state index in [1.165, 1.54) is 0 Å². The second-order valence-corrected chi connectivity index (χ2v) is 11.6. The summed E-state index contributed by atoms with van der Waals surface area (Å²) in [5, 5.41) is 10.8. The fourth-order valence-corrected chi connectivity index (χ4v) is 4.56. The van der Waals surface area contributed by atoms with Crippen LogP contribution in [-0.4, -0.2) is 69.5 Å². The van der Waals surface area contributed by atoms with Gasteiger partial charge in [0, 0.05) is 23.4 Å². The first-order valence-corrected chi connectivity index (χ1v) is 15.0. The molecule has 0 saturated carbocycles. The molecule has 0 aliphatic carbocycles. The van der Waals surface area contributed by atoms with E-state index in [-0.39, 0.29) is 32.8 Å². The second kappa shape index (κ2) is 14.2. The fourth-order valence-electron chi connectivity index (χ4n) is 4.30. The van der Waals surface area contributed by atoms with Gasteiger partial charge in [0.15, 0.2) is 5.82 Å². The van der Waals surface area contributed by atoms with E-state index in [0.717, 1.165) is 40.3 Å². The van der Waals surface area contributed by atoms with Crippen LogP contribution >= 0.6 is 7.60 Å². The van der Waals surface area contributed by atoms with Gasteiger partial charge in [-0.05, 0) is 60.2 Å². The molecule has 11 nitrogen and oxygen atoms in total. The molecule has 5 N–H and O–H groups in total. The number of benzene rings is 2. The molecule has 0 spiro atoms. The number of carboxylic acids is 1. The van der Waals surface area contributed by atoms with Crippen LogP contribution in [-0.2, 0) is 38.1 Å². The maximum absolute atomic E-state index is 13.1. The Morgan fingerprint density at radius 2 is 1.56 bits per heavy atom. The van der Waals surface area contributed by atoms with E-state index >= 15 is 0 Å². The Bertz CT molecular complexity index is 1620. The molecule has 4 rings (SSSR count). The van der Waals surface area contributed by atoms with Crippen molar-refractivity contribution in [2.75, 3.05) is 38.8 Å². The van der Waals surface area contributed by atoms with Crippen molar-refractivity contribution in [1.82, 2.24) is 9.97 Å². The predicted octanol–water partition coefficient (Wildman–Crippen LogP) is 4.35. The molecule has 43 heavy (non-hydrogen) atoms. The highest BCUT2D eigenvalue weighted by Gasteiger charge is 2.48. The third kappa shape index (κ3) is 8.88. The minimum absolute atomic E-state index is 0.0319. The van der Waals surface area contributed by atoms with Crippen molar-refractivity contribution in [3.05, 3.63) is 71.4 Å². The van der Waals surface area contributed by atoms with Gasteiger partial charge in [-0.3, -0.25) is 14.3 Å². The number of halogens is 2. The van der Waals surface area contributed by atoms with Crippen molar-refractivity contribution in [2.45, 2.75) is 31.3 Å². The number of fused-ring (bicyclic) bond motifs is 3. The topological polar surface area (TPSA) is 174 Å². The number of pyridine rings is 2. The highest BCUT2D eigenvalue weighted by molar-refractivity contribution is 7.53. The summed E-state index contributed by atoms with van der Waals surface area (Å²) in [5.74, 6) is 0.100. The van der Waals surface area contributed by atoms with Crippen LogP contribution in [0.5, 0.6) is 5.75 Å². The maximum Gasteiger partial charge on any atom is 0.397 e. The number of carboxylic acid groups (broad SMARTS) is 1. The van der Waals surface area contributed by atoms with Gasteiger partial charge in [0.2, 0.25) is 0 Å². The number of aryl methyl sites for hydroxylation is 3. The molecular weight excluding hydrogens is 587 g/mol. The summed E-state index contributed by atoms with van der Waals surface area (Å²) in [6, 6.07) is 15.3. The number of aromatic nitrogens is 2. The molecule has 230 valence electrons. The Balaban J connectivity index is 1.24. The van der Waals surface area contributed by atoms with Gasteiger partial charge in [-0.1, -0.05) is 24.3 Å². The Morgan fingerprint density at radius 3 is 2.28 bits per heavy atom. The molecule has 2 aromatic carbocycles. The van der Waals surface area contributed by atoms with Gasteiger partial charge in [0.05, 0.1) is 25.3 Å². The second-order valence-electron chi connectivity index (χ2n) is 9.85. The Hall–Kier alpha value is -3.74. The standard InChI is InChI=1S/C29H32F2N3O8P/c30-29(31,43(37,38)39)18-41-12-11-40-13-14-42-22-7-3-19(4-8-22)1-2-21-15-24-23-9-5-20(6-10-26(35)36)16-25(23)34-28(32)27(24)33-17-21/h3-5,7-9,15-17H,1-2,6,10-14,18H2,(H2,32,34)(H,35,36)(H2,37,38,39). The number of anilines is 1. The van der Waals surface area contributed by atoms with E-state index in [1.807, 2.05) is 42.5 Å². The minimum Gasteiger partial charge on any atom is -0.491 e. The van der Waals surface area contributed by atoms with E-state index < -0.39 is 25.8 Å². The van der Waals surface area contributed by atoms with Gasteiger partial charge in [0.25, 0.3) is 0 Å². The number of nitrogens with two attached hydrogens (primary N) is 1. The first kappa shape index (κ1) is 32.2. The van der Waals surface area contributed by atoms with Gasteiger partial charge < -0.3 is 34.8 Å². The lowest BCUT2D eigenvalue weighted by atomic mass is 10.0. The number of alkyl halides is 2. The van der Waals surface area contributed by atoms with Crippen molar-refractivity contribution in [2.24, 2.45) is 0 Å². The summed E-state index contributed by atoms with van der Waals surface area (Å²) in [5.41, 5.74) is 6.27. The molecule has 0 saturated heterocycles. The number of rotatable bonds is 16. The summed E-state index contributed by atoms with van der Waals surface area (Å²) in [4.78, 5) is 37.0. The summed E-state index contributed by atoms with van der Waals surface area (Å²) < 4.78 is 52.3. The van der Waals surface area contributed by atoms with Crippen LogP contribution < -0.4 is 10.5 Å². The van der Waals surface area contributed by atoms with Crippen molar-refractivity contribution >= 4 is 41.2 Å². The van der Waals surface area contributed by atoms with Crippen LogP contribution in [0.2, 0.25) is 0 Å². The summed E-state index contributed by atoms with van der Waals surface area (Å²) in [6.45, 7) is -1.27. The molecule has 2 aromatic heterocycles. The number of nitrogen functional groups attached to an aromatic ring is 1. The number of carbonyl (C=O) groups is 1. The summed E-state index contributed by atoms with van der Waals surface area (Å²) >= 11 is 0. The predicted molar refractivity (Wildman–Crippen MR) is 155 cm³/mol. The number of aliphatic carboxylic acids is 1. The van der Waals surface area contributed by atoms with Crippen LogP contribution in [0, 0.1) is 0 Å². The Kier molecular flexibility index (Phi) is 10.6. The Labute approximate surface area is 245 Å². The number of hydrogen-bond acceptors (Lipinski definition) is 8. The Morgan fingerprint density at radius 1 is 0.884 bits per heavy atom. The zero-order chi connectivity index (χ0) is 31.0. The zero-order valence-electron chi connectivity index (χ0n) is 23.1. The number of hydrogen-bond donors (Lipinski definition) is 4. The van der Waals surface area contributed by atoms with Gasteiger partial charge in [0.1, 0.15) is 24.5 Å². The SMILES string of the molecule is Nc1nc2cc(CCC(=O)O)ccc2c2cc(CCc3ccc(OCCOCCOCC(F)(F)P(=O)(O)O)cc3)cnc12. The molecule has 0 unspecified atom stereocenters. The minimum atomic E-state index is -5.56. The van der Waals surface area contributed by atoms with E-state index in [1.54, 1.807) is 6.20 Å². The van der Waals surface area contributed by atoms with E-state index in [4.69, 9.17) is 30.1 Å². The zero-order valence-corrected chi connectivity index (χ0v) is 24.0. The lowest BCUT2D eigenvalue weighted by molar-refractivity contribution is -0.136. The largest absolute Gasteiger partial charge is 0.491 e. The molecule has 2 heterocycles. The van der Waals surface area contributed by atoms with E-state index in [9.17, 15) is 18.1 Å². The smallest absolute Gasteiger partial charge is 0.397 e. The molecule has 0 aliphatic heterocycles. The molecule has 0 aliphatic rings. The average molecular weight is 620 g/mol. The monoisotopic (exact) mass is 619 g/mol. The van der Waals surface area contributed by atoms with Gasteiger partial charge in [-0.25, -0.2) is 4.98 Å². The first-order chi connectivity index (χ1) is 20.4. The normalized spacial score (nSPS) is 12.2. The van der Waals surface area contributed by atoms with E-state index in [2.05, 4.69) is 20.8 Å². The molecule has 14 heteroatoms. The first-order valence-electron chi connectivity index (χ1n) is 13.4. The van der Waals surface area contributed by atoms with Gasteiger partial charge >= 0.3 is 19.2 Å². The molecular formula is C29H32F2N3O8P. The fraction of sp³-hybridized carbons (Fsp3) is 0.345. The molecule has 0 bridgehead atoms. The lowest BCUT2D eigenvalue weighted by Gasteiger charge is -2.17. The van der Waals surface area contributed by atoms with Gasteiger partial charge in [-0.2, -0.15) is 8.78 Å². The van der Waals surface area contributed by atoms with Crippen molar-refractivity contribution in [3.63, 3.8) is 0 Å². The summed E-state index contributed by atoms with van der Waals surface area (Å²) in [7, 11) is -5.56.